The van der Waals surface area contributed by atoms with Crippen LogP contribution in [0.4, 0.5) is 0 Å². The Kier molecular flexibility index (Phi) is 3.98. The lowest BCUT2D eigenvalue weighted by Crippen LogP contribution is -1.94. The molecule has 3 rings (SSSR count). The SMILES string of the molecule is CC(C)c1ccc(-c2cc(C(=O)O)no2)cc1-c1ccccc1. The summed E-state index contributed by atoms with van der Waals surface area (Å²) in [6.07, 6.45) is 0. The molecule has 0 bridgehead atoms. The molecule has 0 radical (unpaired) electrons. The average Bonchev–Trinajstić information content (AvgIpc) is 3.05. The van der Waals surface area contributed by atoms with Gasteiger partial charge in [-0.15, -0.1) is 0 Å². The van der Waals surface area contributed by atoms with Gasteiger partial charge >= 0.3 is 5.97 Å². The van der Waals surface area contributed by atoms with Crippen molar-refractivity contribution in [1.82, 2.24) is 5.16 Å². The number of carboxylic acids is 1. The molecule has 4 heteroatoms. The Morgan fingerprint density at radius 3 is 2.39 bits per heavy atom. The molecule has 0 unspecified atom stereocenters. The molecule has 0 aliphatic carbocycles. The van der Waals surface area contributed by atoms with E-state index in [1.54, 1.807) is 0 Å². The first-order valence-electron chi connectivity index (χ1n) is 7.46. The van der Waals surface area contributed by atoms with Crippen LogP contribution in [-0.4, -0.2) is 16.2 Å². The molecule has 0 atom stereocenters. The highest BCUT2D eigenvalue weighted by molar-refractivity contribution is 5.86. The number of nitrogens with zero attached hydrogens (tertiary/aromatic N) is 1. The molecule has 0 spiro atoms. The first kappa shape index (κ1) is 15.0. The number of carboxylic acid groups (broad SMARTS) is 1. The number of benzene rings is 2. The van der Waals surface area contributed by atoms with E-state index in [0.29, 0.717) is 11.7 Å². The largest absolute Gasteiger partial charge is 0.476 e. The molecule has 1 heterocycles. The van der Waals surface area contributed by atoms with Crippen LogP contribution >= 0.6 is 0 Å². The molecule has 0 saturated carbocycles. The maximum absolute atomic E-state index is 11.0. The molecule has 23 heavy (non-hydrogen) atoms. The quantitative estimate of drug-likeness (QED) is 0.749. The molecular weight excluding hydrogens is 290 g/mol. The Labute approximate surface area is 134 Å². The second-order valence-corrected chi connectivity index (χ2v) is 5.70. The normalized spacial score (nSPS) is 10.9. The summed E-state index contributed by atoms with van der Waals surface area (Å²) < 4.78 is 5.17. The Hall–Kier alpha value is -2.88. The molecule has 3 aromatic rings. The van der Waals surface area contributed by atoms with Crippen molar-refractivity contribution >= 4 is 5.97 Å². The molecule has 2 aromatic carbocycles. The molecule has 0 aliphatic heterocycles. The number of carbonyl (C=O) groups is 1. The summed E-state index contributed by atoms with van der Waals surface area (Å²) in [5.41, 5.74) is 4.20. The van der Waals surface area contributed by atoms with E-state index in [9.17, 15) is 4.79 Å². The van der Waals surface area contributed by atoms with E-state index in [2.05, 4.69) is 37.2 Å². The predicted molar refractivity (Wildman–Crippen MR) is 88.4 cm³/mol. The number of hydrogen-bond acceptors (Lipinski definition) is 3. The third kappa shape index (κ3) is 3.01. The van der Waals surface area contributed by atoms with Crippen molar-refractivity contribution in [3.63, 3.8) is 0 Å². The van der Waals surface area contributed by atoms with E-state index in [0.717, 1.165) is 16.7 Å². The number of hydrogen-bond donors (Lipinski definition) is 1. The smallest absolute Gasteiger partial charge is 0.358 e. The molecule has 4 nitrogen and oxygen atoms in total. The van der Waals surface area contributed by atoms with Crippen molar-refractivity contribution in [2.45, 2.75) is 19.8 Å². The van der Waals surface area contributed by atoms with Gasteiger partial charge in [-0.3, -0.25) is 0 Å². The number of aromatic nitrogens is 1. The molecule has 0 fully saturated rings. The third-order valence-electron chi connectivity index (χ3n) is 3.77. The summed E-state index contributed by atoms with van der Waals surface area (Å²) in [6.45, 7) is 4.30. The van der Waals surface area contributed by atoms with Crippen LogP contribution in [-0.2, 0) is 0 Å². The van der Waals surface area contributed by atoms with E-state index in [4.69, 9.17) is 9.63 Å². The molecule has 1 aromatic heterocycles. The number of aromatic carboxylic acids is 1. The maximum Gasteiger partial charge on any atom is 0.358 e. The molecule has 1 N–H and O–H groups in total. The zero-order valence-corrected chi connectivity index (χ0v) is 13.0. The van der Waals surface area contributed by atoms with Gasteiger partial charge in [-0.25, -0.2) is 4.79 Å². The zero-order valence-electron chi connectivity index (χ0n) is 13.0. The van der Waals surface area contributed by atoms with Gasteiger partial charge in [-0.2, -0.15) is 0 Å². The monoisotopic (exact) mass is 307 g/mol. The first-order valence-corrected chi connectivity index (χ1v) is 7.46. The van der Waals surface area contributed by atoms with Crippen LogP contribution in [0.2, 0.25) is 0 Å². The summed E-state index contributed by atoms with van der Waals surface area (Å²) in [5, 5.41) is 12.5. The van der Waals surface area contributed by atoms with Crippen LogP contribution in [0.5, 0.6) is 0 Å². The van der Waals surface area contributed by atoms with Gasteiger partial charge in [0, 0.05) is 11.6 Å². The van der Waals surface area contributed by atoms with Crippen LogP contribution in [0.3, 0.4) is 0 Å². The topological polar surface area (TPSA) is 63.3 Å². The minimum Gasteiger partial charge on any atom is -0.476 e. The zero-order chi connectivity index (χ0) is 16.4. The lowest BCUT2D eigenvalue weighted by molar-refractivity contribution is 0.0686. The Morgan fingerprint density at radius 2 is 1.78 bits per heavy atom. The van der Waals surface area contributed by atoms with Crippen LogP contribution in [0.15, 0.2) is 59.1 Å². The molecule has 116 valence electrons. The van der Waals surface area contributed by atoms with Crippen molar-refractivity contribution < 1.29 is 14.4 Å². The Bertz CT molecular complexity index is 835. The van der Waals surface area contributed by atoms with Crippen molar-refractivity contribution in [3.05, 3.63) is 65.9 Å². The second kappa shape index (κ2) is 6.08. The Morgan fingerprint density at radius 1 is 1.04 bits per heavy atom. The van der Waals surface area contributed by atoms with Gasteiger partial charge in [0.2, 0.25) is 0 Å². The lowest BCUT2D eigenvalue weighted by Gasteiger charge is -2.14. The van der Waals surface area contributed by atoms with E-state index in [1.165, 1.54) is 11.6 Å². The van der Waals surface area contributed by atoms with Crippen molar-refractivity contribution in [2.24, 2.45) is 0 Å². The van der Waals surface area contributed by atoms with Crippen molar-refractivity contribution in [3.8, 4) is 22.5 Å². The highest BCUT2D eigenvalue weighted by Crippen LogP contribution is 2.33. The van der Waals surface area contributed by atoms with Crippen LogP contribution < -0.4 is 0 Å². The molecule has 0 amide bonds. The van der Waals surface area contributed by atoms with Gasteiger partial charge in [0.1, 0.15) is 0 Å². The average molecular weight is 307 g/mol. The minimum atomic E-state index is -1.10. The predicted octanol–water partition coefficient (Wildman–Crippen LogP) is 4.83. The van der Waals surface area contributed by atoms with Gasteiger partial charge in [-0.1, -0.05) is 61.5 Å². The maximum atomic E-state index is 11.0. The molecule has 0 saturated heterocycles. The lowest BCUT2D eigenvalue weighted by atomic mass is 9.90. The van der Waals surface area contributed by atoms with Gasteiger partial charge in [-0.05, 0) is 28.7 Å². The first-order chi connectivity index (χ1) is 11.1. The van der Waals surface area contributed by atoms with Gasteiger partial charge < -0.3 is 9.63 Å². The standard InChI is InChI=1S/C19H17NO3/c1-12(2)15-9-8-14(18-11-17(19(21)22)20-23-18)10-16(15)13-6-4-3-5-7-13/h3-12H,1-2H3,(H,21,22). The fraction of sp³-hybridized carbons (Fsp3) is 0.158. The summed E-state index contributed by atoms with van der Waals surface area (Å²) in [5.74, 6) is -0.263. The summed E-state index contributed by atoms with van der Waals surface area (Å²) >= 11 is 0. The highest BCUT2D eigenvalue weighted by atomic mass is 16.5. The van der Waals surface area contributed by atoms with Crippen molar-refractivity contribution in [1.29, 1.82) is 0 Å². The van der Waals surface area contributed by atoms with Gasteiger partial charge in [0.25, 0.3) is 0 Å². The second-order valence-electron chi connectivity index (χ2n) is 5.70. The van der Waals surface area contributed by atoms with Crippen molar-refractivity contribution in [2.75, 3.05) is 0 Å². The summed E-state index contributed by atoms with van der Waals surface area (Å²) in [7, 11) is 0. The fourth-order valence-corrected chi connectivity index (χ4v) is 2.59. The number of rotatable bonds is 4. The summed E-state index contributed by atoms with van der Waals surface area (Å²) in [6, 6.07) is 17.6. The summed E-state index contributed by atoms with van der Waals surface area (Å²) in [4.78, 5) is 11.0. The van der Waals surface area contributed by atoms with E-state index < -0.39 is 5.97 Å². The van der Waals surface area contributed by atoms with E-state index in [-0.39, 0.29) is 5.69 Å². The molecular formula is C19H17NO3. The minimum absolute atomic E-state index is 0.0887. The Balaban J connectivity index is 2.11. The van der Waals surface area contributed by atoms with Gasteiger partial charge in [0.05, 0.1) is 0 Å². The highest BCUT2D eigenvalue weighted by Gasteiger charge is 2.15. The fourth-order valence-electron chi connectivity index (χ4n) is 2.59. The van der Waals surface area contributed by atoms with Crippen LogP contribution in [0.25, 0.3) is 22.5 Å². The van der Waals surface area contributed by atoms with E-state index >= 15 is 0 Å². The van der Waals surface area contributed by atoms with Crippen LogP contribution in [0, 0.1) is 0 Å². The molecule has 0 aliphatic rings. The van der Waals surface area contributed by atoms with Gasteiger partial charge in [0.15, 0.2) is 11.5 Å². The van der Waals surface area contributed by atoms with E-state index in [1.807, 2.05) is 30.3 Å². The van der Waals surface area contributed by atoms with Crippen LogP contribution in [0.1, 0.15) is 35.8 Å². The third-order valence-corrected chi connectivity index (χ3v) is 3.77.